The second kappa shape index (κ2) is 9.21. The average molecular weight is 447 g/mol. The minimum atomic E-state index is -0.663. The number of benzene rings is 2. The van der Waals surface area contributed by atoms with E-state index in [9.17, 15) is 14.7 Å². The number of amides is 1. The number of aliphatic hydroxyl groups excluding tert-OH is 1. The predicted molar refractivity (Wildman–Crippen MR) is 123 cm³/mol. The lowest BCUT2D eigenvalue weighted by Crippen LogP contribution is -2.39. The zero-order valence-corrected chi connectivity index (χ0v) is 18.3. The summed E-state index contributed by atoms with van der Waals surface area (Å²) >= 11 is 0. The Balaban J connectivity index is 1.43. The minimum Gasteiger partial charge on any atom is -0.503 e. The molecule has 1 saturated heterocycles. The fourth-order valence-corrected chi connectivity index (χ4v) is 4.61. The number of para-hydroxylation sites is 1. The maximum Gasteiger partial charge on any atom is 0.290 e. The molecule has 2 aliphatic heterocycles. The van der Waals surface area contributed by atoms with Crippen LogP contribution in [0.15, 0.2) is 76.4 Å². The van der Waals surface area contributed by atoms with Crippen molar-refractivity contribution in [3.05, 3.63) is 83.3 Å². The lowest BCUT2D eigenvalue weighted by molar-refractivity contribution is -0.129. The number of fused-ring (bicyclic) bond motifs is 1. The normalized spacial score (nSPS) is 19.6. The van der Waals surface area contributed by atoms with Gasteiger partial charge < -0.3 is 19.2 Å². The van der Waals surface area contributed by atoms with Crippen LogP contribution in [0.1, 0.15) is 28.6 Å². The van der Waals surface area contributed by atoms with Gasteiger partial charge in [0, 0.05) is 31.6 Å². The summed E-state index contributed by atoms with van der Waals surface area (Å²) in [4.78, 5) is 30.5. The molecule has 1 fully saturated rings. The van der Waals surface area contributed by atoms with Gasteiger partial charge in [0.05, 0.1) is 24.8 Å². The van der Waals surface area contributed by atoms with Crippen molar-refractivity contribution in [2.24, 2.45) is 0 Å². The van der Waals surface area contributed by atoms with E-state index in [-0.39, 0.29) is 11.3 Å². The van der Waals surface area contributed by atoms with Crippen LogP contribution >= 0.6 is 0 Å². The van der Waals surface area contributed by atoms with Crippen LogP contribution in [0.3, 0.4) is 0 Å². The van der Waals surface area contributed by atoms with Crippen LogP contribution < -0.4 is 0 Å². The first kappa shape index (κ1) is 21.4. The molecule has 2 aliphatic rings. The molecule has 1 aromatic heterocycles. The van der Waals surface area contributed by atoms with Gasteiger partial charge in [0.15, 0.2) is 11.5 Å². The second-order valence-electron chi connectivity index (χ2n) is 8.36. The number of hydrogen-bond acceptors (Lipinski definition) is 6. The van der Waals surface area contributed by atoms with Gasteiger partial charge in [0.2, 0.25) is 5.78 Å². The molecule has 5 rings (SSSR count). The van der Waals surface area contributed by atoms with Crippen LogP contribution in [0, 0.1) is 0 Å². The maximum atomic E-state index is 13.5. The molecule has 170 valence electrons. The third-order valence-electron chi connectivity index (χ3n) is 6.29. The minimum absolute atomic E-state index is 0.0663. The van der Waals surface area contributed by atoms with Gasteiger partial charge >= 0.3 is 0 Å². The fourth-order valence-electron chi connectivity index (χ4n) is 4.61. The van der Waals surface area contributed by atoms with Crippen LogP contribution in [-0.2, 0) is 9.53 Å². The van der Waals surface area contributed by atoms with Crippen molar-refractivity contribution in [3.8, 4) is 0 Å². The largest absolute Gasteiger partial charge is 0.503 e. The van der Waals surface area contributed by atoms with Gasteiger partial charge in [-0.1, -0.05) is 48.5 Å². The summed E-state index contributed by atoms with van der Waals surface area (Å²) in [5.74, 6) is -1.38. The van der Waals surface area contributed by atoms with Crippen LogP contribution in [0.5, 0.6) is 0 Å². The van der Waals surface area contributed by atoms with Gasteiger partial charge in [-0.3, -0.25) is 14.5 Å². The van der Waals surface area contributed by atoms with Crippen molar-refractivity contribution in [1.82, 2.24) is 9.80 Å². The molecule has 0 radical (unpaired) electrons. The fraction of sp³-hybridized carbons (Fsp3) is 0.308. The summed E-state index contributed by atoms with van der Waals surface area (Å²) in [6.45, 7) is 4.42. The summed E-state index contributed by atoms with van der Waals surface area (Å²) in [7, 11) is 0. The highest BCUT2D eigenvalue weighted by atomic mass is 16.5. The van der Waals surface area contributed by atoms with Gasteiger partial charge in [-0.2, -0.15) is 0 Å². The molecule has 0 saturated carbocycles. The van der Waals surface area contributed by atoms with E-state index in [2.05, 4.69) is 4.90 Å². The second-order valence-corrected chi connectivity index (χ2v) is 8.36. The number of nitrogens with zero attached hydrogens (tertiary/aromatic N) is 2. The number of hydrogen-bond donors (Lipinski definition) is 1. The topological polar surface area (TPSA) is 83.2 Å². The summed E-state index contributed by atoms with van der Waals surface area (Å²) in [5.41, 5.74) is 1.43. The zero-order chi connectivity index (χ0) is 22.8. The number of morpholine rings is 1. The summed E-state index contributed by atoms with van der Waals surface area (Å²) in [6, 6.07) is 17.7. The molecule has 33 heavy (non-hydrogen) atoms. The summed E-state index contributed by atoms with van der Waals surface area (Å²) in [6.07, 6.45) is 0.731. The van der Waals surface area contributed by atoms with Gasteiger partial charge in [-0.15, -0.1) is 0 Å². The Kier molecular flexibility index (Phi) is 5.98. The Morgan fingerprint density at radius 3 is 2.48 bits per heavy atom. The Bertz CT molecular complexity index is 1160. The van der Waals surface area contributed by atoms with Crippen LogP contribution in [-0.4, -0.2) is 66.0 Å². The van der Waals surface area contributed by atoms with Gasteiger partial charge in [-0.25, -0.2) is 0 Å². The number of ketones is 1. The number of aliphatic hydroxyl groups is 1. The van der Waals surface area contributed by atoms with E-state index in [1.54, 1.807) is 17.0 Å². The smallest absolute Gasteiger partial charge is 0.290 e. The zero-order valence-electron chi connectivity index (χ0n) is 18.3. The molecule has 0 unspecified atom stereocenters. The van der Waals surface area contributed by atoms with Crippen LogP contribution in [0.2, 0.25) is 0 Å². The lowest BCUT2D eigenvalue weighted by atomic mass is 9.95. The Labute approximate surface area is 191 Å². The Morgan fingerprint density at radius 1 is 1.00 bits per heavy atom. The molecule has 7 heteroatoms. The van der Waals surface area contributed by atoms with E-state index in [0.717, 1.165) is 37.0 Å². The number of furan rings is 1. The molecule has 1 amide bonds. The highest BCUT2D eigenvalue weighted by Gasteiger charge is 2.44. The molecule has 1 atom stereocenters. The predicted octanol–water partition coefficient (Wildman–Crippen LogP) is 3.73. The first-order valence-electron chi connectivity index (χ1n) is 11.3. The summed E-state index contributed by atoms with van der Waals surface area (Å²) in [5, 5.41) is 11.6. The van der Waals surface area contributed by atoms with Crippen LogP contribution in [0.25, 0.3) is 11.0 Å². The van der Waals surface area contributed by atoms with Crippen molar-refractivity contribution >= 4 is 22.7 Å². The quantitative estimate of drug-likeness (QED) is 0.557. The van der Waals surface area contributed by atoms with Gasteiger partial charge in [0.25, 0.3) is 5.91 Å². The molecule has 7 nitrogen and oxygen atoms in total. The highest BCUT2D eigenvalue weighted by molar-refractivity contribution is 6.16. The van der Waals surface area contributed by atoms with E-state index in [4.69, 9.17) is 9.15 Å². The molecule has 0 aliphatic carbocycles. The third-order valence-corrected chi connectivity index (χ3v) is 6.29. The standard InChI is InChI=1S/C26H26N2O5/c29-24(21-17-19-9-4-5-10-20(19)33-21)22-23(18-7-2-1-3-8-18)28(26(31)25(22)30)12-6-11-27-13-15-32-16-14-27/h1-5,7-10,17,23,30H,6,11-16H2/t23-/m1/s1. The molecule has 0 spiro atoms. The lowest BCUT2D eigenvalue weighted by Gasteiger charge is -2.29. The third kappa shape index (κ3) is 4.17. The van der Waals surface area contributed by atoms with E-state index >= 15 is 0 Å². The van der Waals surface area contributed by atoms with E-state index in [1.807, 2.05) is 48.5 Å². The van der Waals surface area contributed by atoms with E-state index in [1.165, 1.54) is 0 Å². The van der Waals surface area contributed by atoms with Gasteiger partial charge in [-0.05, 0) is 24.1 Å². The number of rotatable bonds is 7. The number of carbonyl (C=O) groups is 2. The molecular formula is C26H26N2O5. The van der Waals surface area contributed by atoms with Crippen molar-refractivity contribution in [1.29, 1.82) is 0 Å². The average Bonchev–Trinajstić information content (AvgIpc) is 3.40. The van der Waals surface area contributed by atoms with Crippen molar-refractivity contribution in [2.45, 2.75) is 12.5 Å². The van der Waals surface area contributed by atoms with Crippen LogP contribution in [0.4, 0.5) is 0 Å². The first-order valence-corrected chi connectivity index (χ1v) is 11.3. The van der Waals surface area contributed by atoms with Gasteiger partial charge in [0.1, 0.15) is 5.58 Å². The molecular weight excluding hydrogens is 420 g/mol. The first-order chi connectivity index (χ1) is 16.1. The molecule has 1 N–H and O–H groups in total. The SMILES string of the molecule is O=C(C1=C(O)C(=O)N(CCCN2CCOCC2)[C@@H]1c1ccccc1)c1cc2ccccc2o1. The number of Topliss-reactive ketones (excluding diaryl/α,β-unsaturated/α-hetero) is 1. The highest BCUT2D eigenvalue weighted by Crippen LogP contribution is 2.39. The molecule has 2 aromatic carbocycles. The Morgan fingerprint density at radius 2 is 1.73 bits per heavy atom. The maximum absolute atomic E-state index is 13.5. The van der Waals surface area contributed by atoms with Crippen molar-refractivity contribution in [2.75, 3.05) is 39.4 Å². The molecule has 3 heterocycles. The van der Waals surface area contributed by atoms with Crippen molar-refractivity contribution in [3.63, 3.8) is 0 Å². The van der Waals surface area contributed by atoms with E-state index < -0.39 is 23.5 Å². The Hall–Kier alpha value is -3.42. The van der Waals surface area contributed by atoms with Crippen molar-refractivity contribution < 1.29 is 23.8 Å². The number of carbonyl (C=O) groups excluding carboxylic acids is 2. The monoisotopic (exact) mass is 446 g/mol. The molecule has 3 aromatic rings. The summed E-state index contributed by atoms with van der Waals surface area (Å²) < 4.78 is 11.2. The molecule has 0 bridgehead atoms. The van der Waals surface area contributed by atoms with E-state index in [0.29, 0.717) is 25.3 Å². The number of ether oxygens (including phenoxy) is 1.